The molecule has 4 saturated carbocycles. The molecule has 6 heterocycles. The molecule has 0 spiro atoms. The Balaban J connectivity index is 0.000000140. The van der Waals surface area contributed by atoms with Crippen LogP contribution in [0.1, 0.15) is 186 Å². The zero-order valence-electron chi connectivity index (χ0n) is 65.0. The number of aryl methyl sites for hydroxylation is 3. The number of carbonyl (C=O) groups excluding carboxylic acids is 8. The lowest BCUT2D eigenvalue weighted by molar-refractivity contribution is -0.735. The van der Waals surface area contributed by atoms with Gasteiger partial charge in [0.15, 0.2) is 34.8 Å². The van der Waals surface area contributed by atoms with Crippen LogP contribution in [-0.2, 0) is 65.2 Å². The van der Waals surface area contributed by atoms with Gasteiger partial charge in [-0.15, -0.1) is 0 Å². The van der Waals surface area contributed by atoms with Gasteiger partial charge in [0.1, 0.15) is 78.1 Å². The molecule has 5 N–H and O–H groups in total. The fourth-order valence-electron chi connectivity index (χ4n) is 17.8. The molecule has 119 heavy (non-hydrogen) atoms. The second-order valence-corrected chi connectivity index (χ2v) is 35.6. The quantitative estimate of drug-likeness (QED) is 0.0179. The number of ether oxygens (including phenoxy) is 3. The number of halogens is 8. The number of hydrogen-bond donors (Lipinski definition) is 5. The number of hydrogen-bond acceptors (Lipinski definition) is 24. The highest BCUT2D eigenvalue weighted by Crippen LogP contribution is 2.67. The highest BCUT2D eigenvalue weighted by Gasteiger charge is 2.70. The molecule has 4 aliphatic carbocycles. The number of nitrogens with zero attached hydrogens (tertiary/aromatic N) is 8. The third kappa shape index (κ3) is 16.4. The van der Waals surface area contributed by atoms with Crippen LogP contribution in [0.4, 0.5) is 43.4 Å². The van der Waals surface area contributed by atoms with Gasteiger partial charge in [0, 0.05) is 36.6 Å². The summed E-state index contributed by atoms with van der Waals surface area (Å²) < 4.78 is 166. The predicted octanol–water partition coefficient (Wildman–Crippen LogP) is 11.4. The number of aromatic amines is 1. The Bertz CT molecular complexity index is 5300. The maximum atomic E-state index is 14.2. The zero-order chi connectivity index (χ0) is 86.8. The van der Waals surface area contributed by atoms with Crippen molar-refractivity contribution in [1.82, 2.24) is 39.6 Å². The number of esters is 3. The Morgan fingerprint density at radius 1 is 0.521 bits per heavy atom. The topological polar surface area (TPSA) is 406 Å². The van der Waals surface area contributed by atoms with E-state index in [1.807, 2.05) is 27.7 Å². The predicted molar refractivity (Wildman–Crippen MR) is 419 cm³/mol. The molecule has 628 valence electrons. The Morgan fingerprint density at radius 2 is 0.840 bits per heavy atom. The van der Waals surface area contributed by atoms with Crippen LogP contribution in [0.3, 0.4) is 0 Å². The fraction of sp³-hybridized carbons (Fsp3) is 0.375. The molecular formula is C80H78Br2F6N12O17S2. The van der Waals surface area contributed by atoms with Crippen molar-refractivity contribution in [1.29, 1.82) is 0 Å². The number of nitrogens with one attached hydrogen (secondary N) is 4. The van der Waals surface area contributed by atoms with Crippen molar-refractivity contribution in [2.75, 3.05) is 48.8 Å². The largest absolute Gasteiger partial charge is 0.748 e. The number of benzene rings is 6. The number of rotatable bonds is 13. The van der Waals surface area contributed by atoms with Gasteiger partial charge in [0.25, 0.3) is 10.1 Å². The molecule has 16 rings (SSSR count). The van der Waals surface area contributed by atoms with Gasteiger partial charge in [0.2, 0.25) is 6.33 Å². The number of alkyl halides is 2. The number of anilines is 3. The molecule has 6 aromatic carbocycles. The lowest BCUT2D eigenvalue weighted by atomic mass is 9.70. The molecule has 4 bridgehead atoms. The maximum absolute atomic E-state index is 14.2. The molecule has 0 saturated heterocycles. The molecule has 4 fully saturated rings. The van der Waals surface area contributed by atoms with Gasteiger partial charge < -0.3 is 34.7 Å². The van der Waals surface area contributed by atoms with Crippen molar-refractivity contribution in [3.05, 3.63) is 231 Å². The average molecular weight is 1820 g/mol. The van der Waals surface area contributed by atoms with Crippen LogP contribution in [0, 0.1) is 68.4 Å². The third-order valence-electron chi connectivity index (χ3n) is 23.9. The van der Waals surface area contributed by atoms with Gasteiger partial charge in [-0.25, -0.2) is 59.1 Å². The van der Waals surface area contributed by atoms with E-state index in [1.165, 1.54) is 89.0 Å². The molecule has 0 radical (unpaired) electrons. The number of methoxy groups -OCH3 is 3. The molecule has 29 nitrogen and oxygen atoms in total. The van der Waals surface area contributed by atoms with E-state index in [2.05, 4.69) is 78.1 Å². The first-order valence-electron chi connectivity index (χ1n) is 36.7. The molecule has 2 unspecified atom stereocenters. The minimum absolute atomic E-state index is 0.0182. The molecule has 12 atom stereocenters. The Labute approximate surface area is 693 Å². The van der Waals surface area contributed by atoms with E-state index in [9.17, 15) is 86.1 Å². The Kier molecular flexibility index (Phi) is 24.6. The highest BCUT2D eigenvalue weighted by molar-refractivity contribution is 9.10. The Morgan fingerprint density at radius 3 is 1.11 bits per heavy atom. The van der Waals surface area contributed by atoms with E-state index in [1.54, 1.807) is 38.0 Å². The van der Waals surface area contributed by atoms with E-state index in [4.69, 9.17) is 18.8 Å². The number of fused-ring (bicyclic) bond motifs is 7. The van der Waals surface area contributed by atoms with Gasteiger partial charge in [0.05, 0.1) is 110 Å². The summed E-state index contributed by atoms with van der Waals surface area (Å²) in [7, 11) is -0.0537. The number of ketones is 5. The van der Waals surface area contributed by atoms with E-state index in [-0.39, 0.29) is 88.9 Å². The van der Waals surface area contributed by atoms with Crippen LogP contribution < -0.4 is 20.6 Å². The summed E-state index contributed by atoms with van der Waals surface area (Å²) in [6.07, 6.45) is 6.79. The van der Waals surface area contributed by atoms with E-state index in [0.29, 0.717) is 47.0 Å². The van der Waals surface area contributed by atoms with Gasteiger partial charge in [-0.3, -0.25) is 37.9 Å². The summed E-state index contributed by atoms with van der Waals surface area (Å²) in [4.78, 5) is 114. The number of H-pyrrole nitrogens is 1. The lowest BCUT2D eigenvalue weighted by Gasteiger charge is -2.36. The van der Waals surface area contributed by atoms with Crippen LogP contribution >= 0.6 is 31.9 Å². The third-order valence-corrected chi connectivity index (χ3v) is 27.8. The van der Waals surface area contributed by atoms with Crippen LogP contribution in [0.15, 0.2) is 128 Å². The number of aromatic nitrogens is 9. The van der Waals surface area contributed by atoms with Crippen LogP contribution in [0.25, 0.3) is 0 Å². The van der Waals surface area contributed by atoms with Crippen LogP contribution in [-0.4, -0.2) is 155 Å². The van der Waals surface area contributed by atoms with Crippen molar-refractivity contribution in [2.45, 2.75) is 98.9 Å². The highest BCUT2D eigenvalue weighted by atomic mass is 79.9. The van der Waals surface area contributed by atoms with Crippen LogP contribution in [0.5, 0.6) is 0 Å². The minimum Gasteiger partial charge on any atom is -0.748 e. The molecule has 39 heteroatoms. The first kappa shape index (κ1) is 87.6. The fourth-order valence-corrected chi connectivity index (χ4v) is 23.1. The zero-order valence-corrected chi connectivity index (χ0v) is 69.8. The van der Waals surface area contributed by atoms with Crippen molar-refractivity contribution in [3.8, 4) is 0 Å². The first-order valence-corrected chi connectivity index (χ1v) is 41.7. The number of Topliss-reactive ketones (excluding diaryl/α,β-unsaturated/α-hetero) is 5. The van der Waals surface area contributed by atoms with Crippen LogP contribution in [0.2, 0.25) is 0 Å². The normalized spacial score (nSPS) is 24.5. The second kappa shape index (κ2) is 33.5. The average Bonchev–Trinajstić information content (AvgIpc) is 1.54. The van der Waals surface area contributed by atoms with Crippen molar-refractivity contribution >= 4 is 116 Å². The summed E-state index contributed by atoms with van der Waals surface area (Å²) in [5, 5.41) is 20.3. The Hall–Kier alpha value is -10.7. The van der Waals surface area contributed by atoms with E-state index < -0.39 is 154 Å². The summed E-state index contributed by atoms with van der Waals surface area (Å²) >= 11 is 6.69. The molecule has 7 aliphatic rings. The second-order valence-electron chi connectivity index (χ2n) is 30.8. The summed E-state index contributed by atoms with van der Waals surface area (Å²) in [6.45, 7) is 7.65. The van der Waals surface area contributed by atoms with Gasteiger partial charge in [-0.2, -0.15) is 28.4 Å². The minimum atomic E-state index is -4.37. The molecule has 3 aliphatic heterocycles. The van der Waals surface area contributed by atoms with E-state index in [0.717, 1.165) is 70.6 Å². The molecule has 3 aromatic heterocycles. The van der Waals surface area contributed by atoms with Crippen molar-refractivity contribution in [3.63, 3.8) is 0 Å². The summed E-state index contributed by atoms with van der Waals surface area (Å²) in [5.74, 6) is -9.47. The van der Waals surface area contributed by atoms with Gasteiger partial charge in [-0.05, 0) is 143 Å². The first-order chi connectivity index (χ1) is 55.9. The summed E-state index contributed by atoms with van der Waals surface area (Å²) in [5.41, 5.74) is -0.804. The smallest absolute Gasteiger partial charge is 0.338 e. The molecular weight excluding hydrogens is 1740 g/mol. The monoisotopic (exact) mass is 1810 g/mol. The van der Waals surface area contributed by atoms with Gasteiger partial charge >= 0.3 is 23.7 Å². The van der Waals surface area contributed by atoms with E-state index >= 15 is 0 Å². The SMILES string of the molecule is CC1(C)[C@@H]2CC[C@@]1(CS(=O)(=O)O)C(=O)[C@H]2Br.CC1(C)[C@@H]2CC[C@@]1(CS(=O)(=O)[O-])C(=O)[C@H]2Br.COC(=O)c1cc(F)cc2c1C(=O)C(c1ncnn1C)C(c1ccc(F)cc1)N2.COC(=O)c1cc(F)cc2c1C(=O)[C@H](c1nc[nH][n+]1C)[C@@H](c1ccc(F)cc1)N2.COC(=O)c1cc(F)cc2c1C(=O)[C@H](c1ncnn1C)[C@@H](c1ccc(F)cc1)N2. The molecule has 0 amide bonds. The lowest BCUT2D eigenvalue weighted by Crippen LogP contribution is -2.43. The standard InChI is InChI=1S/3C20H16F2N4O3.2C10H15BrO4S/c3*1-26-19(23-9-24-26)16-17(10-3-5-11(21)6-4-10)25-14-8-12(22)7-13(20(28)29-2)15(14)18(16)27;2*1-9(2)6-3-4-10(9,5-16(13,14)15)8(12)7(6)11/h3-9,16-17H,1-2H3,(H,25,27);2*3-9,16-17,25H,1-2H3;2*6-7H,3-5H2,1-2H3,(H,13,14,15)/t2*16-,17-;;2*6-,7+,10-/m11.11/s1. The van der Waals surface area contributed by atoms with Crippen molar-refractivity contribution < 1.29 is 110 Å². The maximum Gasteiger partial charge on any atom is 0.338 e. The number of carbonyl (C=O) groups is 8. The molecule has 9 aromatic rings. The van der Waals surface area contributed by atoms with Gasteiger partial charge in [-0.1, -0.05) is 96.0 Å². The van der Waals surface area contributed by atoms with Crippen molar-refractivity contribution in [2.24, 2.45) is 54.6 Å². The summed E-state index contributed by atoms with van der Waals surface area (Å²) in [6, 6.07) is 21.2.